The van der Waals surface area contributed by atoms with Crippen molar-refractivity contribution in [3.05, 3.63) is 88.4 Å². The number of carbonyl (C=O) groups is 2. The third-order valence-corrected chi connectivity index (χ3v) is 6.85. The molecule has 1 aliphatic heterocycles. The zero-order chi connectivity index (χ0) is 28.7. The second-order valence-electron chi connectivity index (χ2n) is 8.17. The van der Waals surface area contributed by atoms with E-state index in [1.54, 1.807) is 48.5 Å². The Bertz CT molecular complexity index is 1420. The fourth-order valence-corrected chi connectivity index (χ4v) is 4.71. The molecule has 39 heavy (non-hydrogen) atoms. The molecule has 1 aliphatic rings. The standard InChI is InChI=1S/C25H16Cl5F3N4O2/c1-35-21(38)20(36(23(35)39)15-8-6-7-14(13-15)25(31,32)33)34-22(24(28,29)30)37(18-11-4-2-9-16(18)26)19-12-5-3-10-17(19)27/h2-13,22H,1H3. The van der Waals surface area contributed by atoms with Crippen LogP contribution < -0.4 is 9.80 Å². The number of nitrogens with zero attached hydrogens (tertiary/aromatic N) is 4. The molecule has 1 fully saturated rings. The van der Waals surface area contributed by atoms with Crippen molar-refractivity contribution < 1.29 is 22.8 Å². The highest BCUT2D eigenvalue weighted by atomic mass is 35.6. The number of para-hydroxylation sites is 2. The number of rotatable bonds is 5. The number of carbonyl (C=O) groups excluding carboxylic acids is 2. The molecule has 14 heteroatoms. The number of urea groups is 1. The first kappa shape index (κ1) is 29.3. The lowest BCUT2D eigenvalue weighted by atomic mass is 10.2. The Morgan fingerprint density at radius 3 is 1.87 bits per heavy atom. The van der Waals surface area contributed by atoms with Crippen LogP contribution in [0.15, 0.2) is 77.8 Å². The van der Waals surface area contributed by atoms with Crippen LogP contribution >= 0.6 is 58.0 Å². The van der Waals surface area contributed by atoms with E-state index in [4.69, 9.17) is 58.0 Å². The molecular formula is C25H16Cl5F3N4O2. The topological polar surface area (TPSA) is 56.2 Å². The molecule has 3 amide bonds. The van der Waals surface area contributed by atoms with Crippen molar-refractivity contribution >= 4 is 92.8 Å². The predicted molar refractivity (Wildman–Crippen MR) is 149 cm³/mol. The van der Waals surface area contributed by atoms with Crippen molar-refractivity contribution in [3.8, 4) is 0 Å². The molecule has 1 unspecified atom stereocenters. The summed E-state index contributed by atoms with van der Waals surface area (Å²) in [6.45, 7) is 0. The summed E-state index contributed by atoms with van der Waals surface area (Å²) in [6, 6.07) is 15.8. The average molecular weight is 639 g/mol. The first-order chi connectivity index (χ1) is 18.2. The largest absolute Gasteiger partial charge is 0.416 e. The third-order valence-electron chi connectivity index (χ3n) is 5.62. The minimum Gasteiger partial charge on any atom is -0.312 e. The smallest absolute Gasteiger partial charge is 0.312 e. The van der Waals surface area contributed by atoms with Gasteiger partial charge in [-0.1, -0.05) is 88.3 Å². The summed E-state index contributed by atoms with van der Waals surface area (Å²) in [6.07, 6.45) is -6.30. The van der Waals surface area contributed by atoms with Gasteiger partial charge in [-0.25, -0.2) is 14.7 Å². The van der Waals surface area contributed by atoms with Gasteiger partial charge in [0.25, 0.3) is 5.91 Å². The minimum atomic E-state index is -4.71. The van der Waals surface area contributed by atoms with E-state index in [9.17, 15) is 22.8 Å². The van der Waals surface area contributed by atoms with Gasteiger partial charge in [0, 0.05) is 7.05 Å². The van der Waals surface area contributed by atoms with Crippen molar-refractivity contribution in [2.24, 2.45) is 4.99 Å². The quantitative estimate of drug-likeness (QED) is 0.209. The van der Waals surface area contributed by atoms with E-state index in [2.05, 4.69) is 4.99 Å². The van der Waals surface area contributed by atoms with E-state index in [0.717, 1.165) is 24.1 Å². The van der Waals surface area contributed by atoms with E-state index in [1.807, 2.05) is 0 Å². The van der Waals surface area contributed by atoms with Crippen LogP contribution in [0.5, 0.6) is 0 Å². The molecule has 3 aromatic carbocycles. The van der Waals surface area contributed by atoms with Gasteiger partial charge in [0.2, 0.25) is 9.63 Å². The number of amidine groups is 1. The predicted octanol–water partition coefficient (Wildman–Crippen LogP) is 8.34. The average Bonchev–Trinajstić information content (AvgIpc) is 3.08. The first-order valence-corrected chi connectivity index (χ1v) is 12.8. The lowest BCUT2D eigenvalue weighted by Gasteiger charge is -2.36. The van der Waals surface area contributed by atoms with Crippen LogP contribution in [0.1, 0.15) is 5.56 Å². The second-order valence-corrected chi connectivity index (χ2v) is 11.4. The molecule has 6 nitrogen and oxygen atoms in total. The number of hydrogen-bond acceptors (Lipinski definition) is 4. The summed E-state index contributed by atoms with van der Waals surface area (Å²) < 4.78 is 38.0. The SMILES string of the molecule is CN1C(=O)C(=NC(N(c2ccccc2Cl)c2ccccc2Cl)C(Cl)(Cl)Cl)N(c2cccc(C(F)(F)F)c2)C1=O. The van der Waals surface area contributed by atoms with Gasteiger partial charge in [-0.2, -0.15) is 13.2 Å². The highest BCUT2D eigenvalue weighted by Crippen LogP contribution is 2.45. The monoisotopic (exact) mass is 636 g/mol. The number of hydrogen-bond donors (Lipinski definition) is 0. The summed E-state index contributed by atoms with van der Waals surface area (Å²) in [5, 5.41) is 0.412. The molecule has 1 heterocycles. The van der Waals surface area contributed by atoms with Crippen LogP contribution in [0.2, 0.25) is 10.0 Å². The van der Waals surface area contributed by atoms with Crippen LogP contribution in [0, 0.1) is 0 Å². The number of benzene rings is 3. The van der Waals surface area contributed by atoms with Gasteiger partial charge in [0.05, 0.1) is 32.7 Å². The van der Waals surface area contributed by atoms with Gasteiger partial charge in [-0.3, -0.25) is 9.69 Å². The van der Waals surface area contributed by atoms with E-state index >= 15 is 0 Å². The Kier molecular flexibility index (Phi) is 8.31. The molecule has 0 aliphatic carbocycles. The second kappa shape index (κ2) is 11.1. The van der Waals surface area contributed by atoms with E-state index in [0.29, 0.717) is 11.0 Å². The van der Waals surface area contributed by atoms with E-state index in [1.165, 1.54) is 11.0 Å². The van der Waals surface area contributed by atoms with Crippen LogP contribution in [0.4, 0.5) is 35.0 Å². The van der Waals surface area contributed by atoms with Crippen molar-refractivity contribution in [2.75, 3.05) is 16.8 Å². The van der Waals surface area contributed by atoms with E-state index in [-0.39, 0.29) is 27.1 Å². The number of alkyl halides is 6. The van der Waals surface area contributed by atoms with Gasteiger partial charge in [0.1, 0.15) is 0 Å². The number of anilines is 3. The molecule has 0 aromatic heterocycles. The fraction of sp³-hybridized carbons (Fsp3) is 0.160. The summed E-state index contributed by atoms with van der Waals surface area (Å²) in [7, 11) is 1.15. The molecule has 0 spiro atoms. The van der Waals surface area contributed by atoms with Crippen molar-refractivity contribution in [2.45, 2.75) is 16.1 Å². The van der Waals surface area contributed by atoms with Gasteiger partial charge < -0.3 is 4.90 Å². The molecule has 204 valence electrons. The fourth-order valence-electron chi connectivity index (χ4n) is 3.82. The van der Waals surface area contributed by atoms with Crippen LogP contribution in [-0.2, 0) is 11.0 Å². The van der Waals surface area contributed by atoms with Gasteiger partial charge in [-0.05, 0) is 42.5 Å². The number of aliphatic imine (C=N–C) groups is 1. The molecule has 0 saturated carbocycles. The Morgan fingerprint density at radius 2 is 1.38 bits per heavy atom. The van der Waals surface area contributed by atoms with Crippen LogP contribution in [-0.4, -0.2) is 39.7 Å². The zero-order valence-corrected chi connectivity index (χ0v) is 23.4. The molecule has 4 rings (SSSR count). The first-order valence-electron chi connectivity index (χ1n) is 10.9. The van der Waals surface area contributed by atoms with Gasteiger partial charge in [-0.15, -0.1) is 0 Å². The Balaban J connectivity index is 1.97. The third kappa shape index (κ3) is 5.93. The molecule has 0 N–H and O–H groups in total. The van der Waals surface area contributed by atoms with Crippen LogP contribution in [0.25, 0.3) is 0 Å². The molecule has 3 aromatic rings. The Hall–Kier alpha value is -2.69. The summed E-state index contributed by atoms with van der Waals surface area (Å²) >= 11 is 32.2. The maximum Gasteiger partial charge on any atom is 0.416 e. The molecule has 1 atom stereocenters. The minimum absolute atomic E-state index is 0.206. The van der Waals surface area contributed by atoms with Gasteiger partial charge >= 0.3 is 12.2 Å². The molecule has 1 saturated heterocycles. The van der Waals surface area contributed by atoms with Crippen molar-refractivity contribution in [1.82, 2.24) is 4.90 Å². The maximum atomic E-state index is 13.4. The summed E-state index contributed by atoms with van der Waals surface area (Å²) in [5.74, 6) is -1.52. The molecular weight excluding hydrogens is 623 g/mol. The Morgan fingerprint density at radius 1 is 0.846 bits per heavy atom. The van der Waals surface area contributed by atoms with E-state index < -0.39 is 39.5 Å². The highest BCUT2D eigenvalue weighted by Gasteiger charge is 2.46. The number of halogens is 8. The summed E-state index contributed by atoms with van der Waals surface area (Å²) in [4.78, 5) is 33.4. The van der Waals surface area contributed by atoms with Crippen molar-refractivity contribution in [1.29, 1.82) is 0 Å². The number of imide groups is 1. The van der Waals surface area contributed by atoms with Gasteiger partial charge in [0.15, 0.2) is 6.17 Å². The lowest BCUT2D eigenvalue weighted by molar-refractivity contribution is -0.137. The normalized spacial score (nSPS) is 16.3. The van der Waals surface area contributed by atoms with Crippen LogP contribution in [0.3, 0.4) is 0 Å². The highest BCUT2D eigenvalue weighted by molar-refractivity contribution is 6.68. The lowest BCUT2D eigenvalue weighted by Crippen LogP contribution is -2.43. The molecule has 0 radical (unpaired) electrons. The van der Waals surface area contributed by atoms with Crippen molar-refractivity contribution in [3.63, 3.8) is 0 Å². The Labute approximate surface area is 246 Å². The number of amides is 3. The summed E-state index contributed by atoms with van der Waals surface area (Å²) in [5.41, 5.74) is -0.746. The number of likely N-dealkylation sites (N-methyl/N-ethyl adjacent to an activating group) is 1. The zero-order valence-electron chi connectivity index (χ0n) is 19.6. The maximum absolute atomic E-state index is 13.4. The molecule has 0 bridgehead atoms.